The molecule has 114 valence electrons. The summed E-state index contributed by atoms with van der Waals surface area (Å²) in [5.74, 6) is 0.720. The minimum atomic E-state index is -0.0437. The maximum atomic E-state index is 9.41. The number of benzene rings is 1. The number of aromatic nitrogens is 2. The molecule has 2 aromatic rings. The lowest BCUT2D eigenvalue weighted by Gasteiger charge is -2.13. The van der Waals surface area contributed by atoms with Gasteiger partial charge in [-0.25, -0.2) is 0 Å². The molecule has 0 aliphatic heterocycles. The molecule has 0 spiro atoms. The van der Waals surface area contributed by atoms with Gasteiger partial charge in [0.15, 0.2) is 0 Å². The van der Waals surface area contributed by atoms with E-state index in [1.807, 2.05) is 43.7 Å². The Morgan fingerprint density at radius 3 is 2.71 bits per heavy atom. The number of para-hydroxylation sites is 1. The third-order valence-corrected chi connectivity index (χ3v) is 3.95. The molecule has 0 amide bonds. The number of aryl methyl sites for hydroxylation is 3. The number of ether oxygens (including phenoxy) is 1. The highest BCUT2D eigenvalue weighted by Crippen LogP contribution is 2.27. The average molecular weight is 309 g/mol. The van der Waals surface area contributed by atoms with Crippen molar-refractivity contribution in [1.29, 1.82) is 0 Å². The molecule has 0 saturated carbocycles. The van der Waals surface area contributed by atoms with Crippen LogP contribution in [0.2, 0.25) is 5.02 Å². The number of halogens is 1. The van der Waals surface area contributed by atoms with Crippen molar-refractivity contribution in [3.63, 3.8) is 0 Å². The van der Waals surface area contributed by atoms with Crippen LogP contribution < -0.4 is 4.74 Å². The molecule has 1 N–H and O–H groups in total. The van der Waals surface area contributed by atoms with Gasteiger partial charge in [0.2, 0.25) is 0 Å². The molecule has 0 unspecified atom stereocenters. The number of rotatable bonds is 6. The normalized spacial score (nSPS) is 10.9. The minimum Gasteiger partial charge on any atom is -0.487 e. The highest BCUT2D eigenvalue weighted by molar-refractivity contribution is 6.31. The van der Waals surface area contributed by atoms with Crippen molar-refractivity contribution in [1.82, 2.24) is 9.78 Å². The fraction of sp³-hybridized carbons (Fsp3) is 0.438. The van der Waals surface area contributed by atoms with E-state index in [-0.39, 0.29) is 6.61 Å². The van der Waals surface area contributed by atoms with E-state index in [9.17, 15) is 5.11 Å². The summed E-state index contributed by atoms with van der Waals surface area (Å²) in [6.45, 7) is 7.07. The lowest BCUT2D eigenvalue weighted by atomic mass is 10.1. The van der Waals surface area contributed by atoms with Crippen LogP contribution in [0.15, 0.2) is 18.2 Å². The molecular formula is C16H21ClN2O2. The fourth-order valence-electron chi connectivity index (χ4n) is 2.34. The molecule has 0 radical (unpaired) electrons. The maximum Gasteiger partial charge on any atom is 0.131 e. The van der Waals surface area contributed by atoms with Gasteiger partial charge in [0.05, 0.1) is 23.0 Å². The fourth-order valence-corrected chi connectivity index (χ4v) is 2.66. The van der Waals surface area contributed by atoms with E-state index in [0.29, 0.717) is 11.6 Å². The van der Waals surface area contributed by atoms with Gasteiger partial charge in [0, 0.05) is 12.1 Å². The zero-order valence-corrected chi connectivity index (χ0v) is 13.4. The van der Waals surface area contributed by atoms with E-state index in [1.54, 1.807) is 0 Å². The average Bonchev–Trinajstić information content (AvgIpc) is 2.81. The minimum absolute atomic E-state index is 0.0437. The van der Waals surface area contributed by atoms with Crippen LogP contribution in [0, 0.1) is 6.92 Å². The molecule has 0 saturated heterocycles. The molecule has 0 bridgehead atoms. The molecular weight excluding hydrogens is 288 g/mol. The van der Waals surface area contributed by atoms with Crippen LogP contribution >= 0.6 is 11.6 Å². The van der Waals surface area contributed by atoms with Crippen LogP contribution in [0.1, 0.15) is 36.4 Å². The smallest absolute Gasteiger partial charge is 0.131 e. The van der Waals surface area contributed by atoms with Crippen molar-refractivity contribution in [3.05, 3.63) is 45.7 Å². The molecule has 0 aliphatic rings. The van der Waals surface area contributed by atoms with Crippen LogP contribution in [-0.2, 0) is 26.2 Å². The van der Waals surface area contributed by atoms with Crippen molar-refractivity contribution in [2.75, 3.05) is 0 Å². The summed E-state index contributed by atoms with van der Waals surface area (Å²) in [7, 11) is 0. The standard InChI is InChI=1S/C16H21ClN2O2/c1-4-13-15(17)14(19(5-2)18-13)10-21-16-11(3)7-6-8-12(16)9-20/h6-8,20H,4-5,9-10H2,1-3H3. The predicted octanol–water partition coefficient (Wildman–Crippen LogP) is 3.50. The summed E-state index contributed by atoms with van der Waals surface area (Å²) in [6.07, 6.45) is 0.797. The number of aliphatic hydroxyl groups is 1. The van der Waals surface area contributed by atoms with E-state index in [1.165, 1.54) is 0 Å². The maximum absolute atomic E-state index is 9.41. The summed E-state index contributed by atoms with van der Waals surface area (Å²) >= 11 is 6.38. The third-order valence-electron chi connectivity index (χ3n) is 3.51. The van der Waals surface area contributed by atoms with Crippen LogP contribution in [0.25, 0.3) is 0 Å². The number of hydrogen-bond acceptors (Lipinski definition) is 3. The van der Waals surface area contributed by atoms with Gasteiger partial charge in [-0.2, -0.15) is 5.10 Å². The second kappa shape index (κ2) is 6.96. The van der Waals surface area contributed by atoms with Gasteiger partial charge >= 0.3 is 0 Å². The number of hydrogen-bond donors (Lipinski definition) is 1. The molecule has 0 atom stereocenters. The molecule has 1 aromatic carbocycles. The van der Waals surface area contributed by atoms with E-state index >= 15 is 0 Å². The molecule has 1 aromatic heterocycles. The first kappa shape index (κ1) is 15.9. The second-order valence-corrected chi connectivity index (χ2v) is 5.26. The Kier molecular flexibility index (Phi) is 5.26. The van der Waals surface area contributed by atoms with E-state index in [0.717, 1.165) is 41.2 Å². The Hall–Kier alpha value is -1.52. The highest BCUT2D eigenvalue weighted by atomic mass is 35.5. The van der Waals surface area contributed by atoms with Gasteiger partial charge < -0.3 is 9.84 Å². The first-order valence-corrected chi connectivity index (χ1v) is 7.56. The van der Waals surface area contributed by atoms with Crippen molar-refractivity contribution >= 4 is 11.6 Å². The lowest BCUT2D eigenvalue weighted by Crippen LogP contribution is -2.08. The van der Waals surface area contributed by atoms with Crippen LogP contribution in [0.4, 0.5) is 0 Å². The molecule has 5 heteroatoms. The van der Waals surface area contributed by atoms with Crippen molar-refractivity contribution < 1.29 is 9.84 Å². The molecule has 0 aliphatic carbocycles. The summed E-state index contributed by atoms with van der Waals surface area (Å²) in [5, 5.41) is 14.6. The quantitative estimate of drug-likeness (QED) is 0.888. The monoisotopic (exact) mass is 308 g/mol. The Labute approximate surface area is 130 Å². The molecule has 2 rings (SSSR count). The Bertz CT molecular complexity index is 623. The largest absolute Gasteiger partial charge is 0.487 e. The molecule has 21 heavy (non-hydrogen) atoms. The lowest BCUT2D eigenvalue weighted by molar-refractivity contribution is 0.253. The van der Waals surface area contributed by atoms with Crippen molar-refractivity contribution in [2.45, 2.75) is 47.0 Å². The van der Waals surface area contributed by atoms with Crippen LogP contribution in [0.5, 0.6) is 5.75 Å². The highest BCUT2D eigenvalue weighted by Gasteiger charge is 2.16. The first-order valence-electron chi connectivity index (χ1n) is 7.18. The van der Waals surface area contributed by atoms with Crippen LogP contribution in [0.3, 0.4) is 0 Å². The first-order chi connectivity index (χ1) is 10.1. The molecule has 0 fully saturated rings. The third kappa shape index (κ3) is 3.22. The topological polar surface area (TPSA) is 47.3 Å². The van der Waals surface area contributed by atoms with Crippen molar-refractivity contribution in [2.24, 2.45) is 0 Å². The zero-order valence-electron chi connectivity index (χ0n) is 12.7. The van der Waals surface area contributed by atoms with Gasteiger partial charge in [-0.05, 0) is 25.8 Å². The van der Waals surface area contributed by atoms with Gasteiger partial charge in [-0.3, -0.25) is 4.68 Å². The Balaban J connectivity index is 2.26. The van der Waals surface area contributed by atoms with Gasteiger partial charge in [0.1, 0.15) is 12.4 Å². The summed E-state index contributed by atoms with van der Waals surface area (Å²) < 4.78 is 7.79. The molecule has 1 heterocycles. The SMILES string of the molecule is CCc1nn(CC)c(COc2c(C)cccc2CO)c1Cl. The summed E-state index contributed by atoms with van der Waals surface area (Å²) in [6, 6.07) is 5.73. The van der Waals surface area contributed by atoms with Gasteiger partial charge in [0.25, 0.3) is 0 Å². The Morgan fingerprint density at radius 2 is 2.10 bits per heavy atom. The van der Waals surface area contributed by atoms with Gasteiger partial charge in [-0.1, -0.05) is 36.7 Å². The summed E-state index contributed by atoms with van der Waals surface area (Å²) in [4.78, 5) is 0. The predicted molar refractivity (Wildman–Crippen MR) is 83.7 cm³/mol. The van der Waals surface area contributed by atoms with Gasteiger partial charge in [-0.15, -0.1) is 0 Å². The van der Waals surface area contributed by atoms with E-state index in [2.05, 4.69) is 5.10 Å². The zero-order chi connectivity index (χ0) is 15.4. The van der Waals surface area contributed by atoms with E-state index < -0.39 is 0 Å². The molecule has 4 nitrogen and oxygen atoms in total. The number of nitrogens with zero attached hydrogens (tertiary/aromatic N) is 2. The van der Waals surface area contributed by atoms with E-state index in [4.69, 9.17) is 16.3 Å². The number of aliphatic hydroxyl groups excluding tert-OH is 1. The second-order valence-electron chi connectivity index (χ2n) is 4.89. The van der Waals surface area contributed by atoms with Crippen LogP contribution in [-0.4, -0.2) is 14.9 Å². The Morgan fingerprint density at radius 1 is 1.33 bits per heavy atom. The summed E-state index contributed by atoms with van der Waals surface area (Å²) in [5.41, 5.74) is 3.55. The van der Waals surface area contributed by atoms with Crippen molar-refractivity contribution in [3.8, 4) is 5.75 Å².